The number of nitro benzene ring substituents is 1. The summed E-state index contributed by atoms with van der Waals surface area (Å²) >= 11 is 0. The number of benzene rings is 1. The highest BCUT2D eigenvalue weighted by Crippen LogP contribution is 2.06. The van der Waals surface area contributed by atoms with Gasteiger partial charge in [-0.05, 0) is 0 Å². The van der Waals surface area contributed by atoms with Gasteiger partial charge in [0.2, 0.25) is 0 Å². The summed E-state index contributed by atoms with van der Waals surface area (Å²) in [6.45, 7) is 0.153. The highest BCUT2D eigenvalue weighted by molar-refractivity contribution is 5.35. The van der Waals surface area contributed by atoms with Crippen LogP contribution < -0.4 is 5.90 Å². The lowest BCUT2D eigenvalue weighted by atomic mass is 10.3. The maximum Gasteiger partial charge on any atom is 0.312 e. The first-order valence-corrected chi connectivity index (χ1v) is 3.21. The number of hydrogen-bond donors (Lipinski definition) is 1. The van der Waals surface area contributed by atoms with Crippen LogP contribution >= 0.6 is 0 Å². The maximum atomic E-state index is 10.0. The highest BCUT2D eigenvalue weighted by Gasteiger charge is 1.98. The molecule has 1 rings (SSSR count). The largest absolute Gasteiger partial charge is 0.376 e. The van der Waals surface area contributed by atoms with E-state index >= 15 is 0 Å². The molecule has 1 aromatic rings. The van der Waals surface area contributed by atoms with Crippen LogP contribution in [0.15, 0.2) is 30.3 Å². The van der Waals surface area contributed by atoms with Gasteiger partial charge in [0.05, 0.1) is 4.92 Å². The van der Waals surface area contributed by atoms with Crippen molar-refractivity contribution in [1.29, 1.82) is 0 Å². The number of non-ortho nitro benzene ring substituents is 1. The fourth-order valence-corrected chi connectivity index (χ4v) is 0.550. The average Bonchev–Trinajstić information content (AvgIpc) is 2.19. The molecular formula is C7H8N2O4. The van der Waals surface area contributed by atoms with Crippen LogP contribution in [-0.2, 0) is 9.63 Å². The summed E-state index contributed by atoms with van der Waals surface area (Å²) in [5, 5.41) is 10.0. The fraction of sp³-hybridized carbons (Fsp3) is 0. The van der Waals surface area contributed by atoms with Gasteiger partial charge in [-0.3, -0.25) is 14.9 Å². The molecule has 0 saturated heterocycles. The Morgan fingerprint density at radius 2 is 1.85 bits per heavy atom. The minimum absolute atomic E-state index is 0.137. The molecule has 6 nitrogen and oxygen atoms in total. The van der Waals surface area contributed by atoms with Crippen LogP contribution in [0.2, 0.25) is 0 Å². The lowest BCUT2D eigenvalue weighted by Crippen LogP contribution is -1.92. The Labute approximate surface area is 74.0 Å². The SMILES string of the molecule is NOC=O.O=[N+]([O-])c1ccccc1. The summed E-state index contributed by atoms with van der Waals surface area (Å²) < 4.78 is 0. The molecule has 13 heavy (non-hydrogen) atoms. The summed E-state index contributed by atoms with van der Waals surface area (Å²) in [5.74, 6) is 4.16. The van der Waals surface area contributed by atoms with E-state index in [0.717, 1.165) is 0 Å². The van der Waals surface area contributed by atoms with Crippen LogP contribution in [0.1, 0.15) is 0 Å². The van der Waals surface area contributed by atoms with E-state index in [4.69, 9.17) is 4.79 Å². The first-order valence-electron chi connectivity index (χ1n) is 3.21. The van der Waals surface area contributed by atoms with Gasteiger partial charge in [-0.25, -0.2) is 0 Å². The molecule has 0 heterocycles. The normalized spacial score (nSPS) is 7.77. The van der Waals surface area contributed by atoms with E-state index in [2.05, 4.69) is 10.7 Å². The average molecular weight is 184 g/mol. The topological polar surface area (TPSA) is 95.5 Å². The van der Waals surface area contributed by atoms with E-state index in [9.17, 15) is 10.1 Å². The Hall–Kier alpha value is -1.95. The van der Waals surface area contributed by atoms with Crippen molar-refractivity contribution in [1.82, 2.24) is 0 Å². The second kappa shape index (κ2) is 6.74. The van der Waals surface area contributed by atoms with Crippen LogP contribution in [0, 0.1) is 10.1 Å². The first kappa shape index (κ1) is 11.1. The Bertz CT molecular complexity index is 262. The fourth-order valence-electron chi connectivity index (χ4n) is 0.550. The number of carbonyl (C=O) groups excluding carboxylic acids is 1. The van der Waals surface area contributed by atoms with Gasteiger partial charge in [0, 0.05) is 12.1 Å². The molecule has 0 bridgehead atoms. The van der Waals surface area contributed by atoms with Crippen molar-refractivity contribution in [3.8, 4) is 0 Å². The summed E-state index contributed by atoms with van der Waals surface area (Å²) in [7, 11) is 0. The van der Waals surface area contributed by atoms with Gasteiger partial charge in [0.1, 0.15) is 0 Å². The zero-order chi connectivity index (χ0) is 10.1. The van der Waals surface area contributed by atoms with Gasteiger partial charge in [0.15, 0.2) is 0 Å². The molecule has 0 amide bonds. The number of para-hydroxylation sites is 1. The second-order valence-corrected chi connectivity index (χ2v) is 1.82. The molecule has 0 fully saturated rings. The number of carbonyl (C=O) groups is 1. The number of nitrogens with zero attached hydrogens (tertiary/aromatic N) is 1. The van der Waals surface area contributed by atoms with Gasteiger partial charge >= 0.3 is 6.47 Å². The van der Waals surface area contributed by atoms with Crippen LogP contribution in [0.3, 0.4) is 0 Å². The zero-order valence-electron chi connectivity index (χ0n) is 6.62. The molecule has 0 aliphatic heterocycles. The van der Waals surface area contributed by atoms with Crippen molar-refractivity contribution in [2.45, 2.75) is 0 Å². The van der Waals surface area contributed by atoms with Crippen molar-refractivity contribution >= 4 is 12.2 Å². The van der Waals surface area contributed by atoms with Crippen molar-refractivity contribution < 1.29 is 14.6 Å². The Balaban J connectivity index is 0.000000310. The monoisotopic (exact) mass is 184 g/mol. The third kappa shape index (κ3) is 5.33. The second-order valence-electron chi connectivity index (χ2n) is 1.82. The van der Waals surface area contributed by atoms with Gasteiger partial charge in [-0.2, -0.15) is 5.90 Å². The van der Waals surface area contributed by atoms with Crippen LogP contribution in [0.4, 0.5) is 5.69 Å². The van der Waals surface area contributed by atoms with Crippen molar-refractivity contribution in [3.05, 3.63) is 40.4 Å². The third-order valence-corrected chi connectivity index (χ3v) is 1.02. The summed E-state index contributed by atoms with van der Waals surface area (Å²) in [6.07, 6.45) is 0. The highest BCUT2D eigenvalue weighted by atomic mass is 16.6. The summed E-state index contributed by atoms with van der Waals surface area (Å²) in [5.41, 5.74) is 0.137. The Kier molecular flexibility index (Phi) is 5.73. The van der Waals surface area contributed by atoms with E-state index in [0.29, 0.717) is 0 Å². The predicted octanol–water partition coefficient (Wildman–Crippen LogP) is 0.628. The minimum atomic E-state index is -0.417. The number of hydrogen-bond acceptors (Lipinski definition) is 5. The predicted molar refractivity (Wildman–Crippen MR) is 44.4 cm³/mol. The van der Waals surface area contributed by atoms with E-state index in [1.165, 1.54) is 12.1 Å². The minimum Gasteiger partial charge on any atom is -0.376 e. The van der Waals surface area contributed by atoms with Crippen LogP contribution in [-0.4, -0.2) is 11.4 Å². The zero-order valence-corrected chi connectivity index (χ0v) is 6.62. The molecule has 1 aromatic carbocycles. The molecule has 0 aliphatic rings. The third-order valence-electron chi connectivity index (χ3n) is 1.02. The lowest BCUT2D eigenvalue weighted by Gasteiger charge is -1.85. The standard InChI is InChI=1S/C6H5NO2.CH3NO2/c8-7(9)6-4-2-1-3-5-6;2-4-1-3/h1-5H;1H,2H2. The summed E-state index contributed by atoms with van der Waals surface area (Å²) in [6, 6.07) is 7.93. The lowest BCUT2D eigenvalue weighted by molar-refractivity contribution is -0.384. The van der Waals surface area contributed by atoms with Crippen molar-refractivity contribution in [2.24, 2.45) is 5.90 Å². The number of rotatable bonds is 2. The van der Waals surface area contributed by atoms with Gasteiger partial charge in [-0.15, -0.1) is 0 Å². The van der Waals surface area contributed by atoms with E-state index in [1.807, 2.05) is 0 Å². The molecule has 0 atom stereocenters. The molecule has 6 heteroatoms. The Morgan fingerprint density at radius 3 is 2.08 bits per heavy atom. The molecule has 0 saturated carbocycles. The van der Waals surface area contributed by atoms with E-state index in [1.54, 1.807) is 18.2 Å². The van der Waals surface area contributed by atoms with Crippen LogP contribution in [0.25, 0.3) is 0 Å². The van der Waals surface area contributed by atoms with Crippen molar-refractivity contribution in [3.63, 3.8) is 0 Å². The van der Waals surface area contributed by atoms with Gasteiger partial charge in [0.25, 0.3) is 5.69 Å². The van der Waals surface area contributed by atoms with E-state index < -0.39 is 4.92 Å². The quantitative estimate of drug-likeness (QED) is 0.413. The molecule has 70 valence electrons. The van der Waals surface area contributed by atoms with Gasteiger partial charge < -0.3 is 4.84 Å². The smallest absolute Gasteiger partial charge is 0.312 e. The summed E-state index contributed by atoms with van der Waals surface area (Å²) in [4.78, 5) is 21.8. The van der Waals surface area contributed by atoms with Crippen LogP contribution in [0.5, 0.6) is 0 Å². The number of nitrogens with two attached hydrogens (primary N) is 1. The molecule has 0 radical (unpaired) electrons. The molecular weight excluding hydrogens is 176 g/mol. The molecule has 0 aromatic heterocycles. The number of nitro groups is 1. The Morgan fingerprint density at radius 1 is 1.38 bits per heavy atom. The molecule has 2 N–H and O–H groups in total. The van der Waals surface area contributed by atoms with Crippen molar-refractivity contribution in [2.75, 3.05) is 0 Å². The molecule has 0 spiro atoms. The first-order chi connectivity index (χ1) is 6.22. The maximum absolute atomic E-state index is 10.0. The van der Waals surface area contributed by atoms with Gasteiger partial charge in [-0.1, -0.05) is 18.2 Å². The van der Waals surface area contributed by atoms with E-state index in [-0.39, 0.29) is 12.2 Å². The molecule has 0 unspecified atom stereocenters. The molecule has 0 aliphatic carbocycles.